The summed E-state index contributed by atoms with van der Waals surface area (Å²) in [6.07, 6.45) is 0. The largest absolute Gasteiger partial charge is 0.459 e. The highest BCUT2D eigenvalue weighted by molar-refractivity contribution is 5.95. The second-order valence-corrected chi connectivity index (χ2v) is 6.13. The number of nitrogens with one attached hydrogen (secondary N) is 1. The topological polar surface area (TPSA) is 42.2 Å². The highest BCUT2D eigenvalue weighted by Crippen LogP contribution is 2.28. The molecular weight excluding hydrogens is 348 g/mol. The number of halogens is 2. The number of carbonyl (C=O) groups is 1. The Morgan fingerprint density at radius 2 is 1.63 bits per heavy atom. The van der Waals surface area contributed by atoms with E-state index in [1.807, 2.05) is 60.7 Å². The van der Waals surface area contributed by atoms with Gasteiger partial charge in [0.2, 0.25) is 0 Å². The molecule has 1 heterocycles. The predicted molar refractivity (Wildman–Crippen MR) is 98.3 cm³/mol. The molecule has 0 spiro atoms. The van der Waals surface area contributed by atoms with Gasteiger partial charge in [-0.3, -0.25) is 4.79 Å². The van der Waals surface area contributed by atoms with Crippen LogP contribution in [0.3, 0.4) is 0 Å². The molecule has 0 aliphatic heterocycles. The fourth-order valence-corrected chi connectivity index (χ4v) is 2.99. The molecule has 4 aromatic rings. The Hall–Kier alpha value is -3.47. The molecule has 0 saturated carbocycles. The number of rotatable bonds is 4. The fourth-order valence-electron chi connectivity index (χ4n) is 2.99. The molecule has 1 aromatic heterocycles. The van der Waals surface area contributed by atoms with Crippen molar-refractivity contribution >= 4 is 16.9 Å². The van der Waals surface area contributed by atoms with E-state index in [0.29, 0.717) is 17.4 Å². The molecule has 1 N–H and O–H groups in total. The second kappa shape index (κ2) is 7.03. The molecule has 0 saturated heterocycles. The van der Waals surface area contributed by atoms with E-state index >= 15 is 0 Å². The van der Waals surface area contributed by atoms with Gasteiger partial charge in [0.15, 0.2) is 0 Å². The van der Waals surface area contributed by atoms with Gasteiger partial charge in [-0.15, -0.1) is 0 Å². The van der Waals surface area contributed by atoms with Crippen molar-refractivity contribution in [3.8, 4) is 0 Å². The number of benzene rings is 3. The first-order valence-corrected chi connectivity index (χ1v) is 8.41. The van der Waals surface area contributed by atoms with E-state index in [1.54, 1.807) is 0 Å². The maximum Gasteiger partial charge on any atom is 0.255 e. The first-order chi connectivity index (χ1) is 13.1. The molecule has 0 aliphatic rings. The molecule has 3 aromatic carbocycles. The molecule has 27 heavy (non-hydrogen) atoms. The van der Waals surface area contributed by atoms with Crippen molar-refractivity contribution in [1.82, 2.24) is 5.32 Å². The molecule has 1 atom stereocenters. The normalized spacial score (nSPS) is 12.1. The van der Waals surface area contributed by atoms with E-state index in [1.165, 1.54) is 0 Å². The van der Waals surface area contributed by atoms with Crippen molar-refractivity contribution in [1.29, 1.82) is 0 Å². The Morgan fingerprint density at radius 1 is 0.889 bits per heavy atom. The average molecular weight is 363 g/mol. The summed E-state index contributed by atoms with van der Waals surface area (Å²) in [4.78, 5) is 12.6. The third-order valence-electron chi connectivity index (χ3n) is 4.31. The molecule has 0 radical (unpaired) electrons. The molecule has 1 unspecified atom stereocenters. The van der Waals surface area contributed by atoms with Crippen LogP contribution in [0.15, 0.2) is 83.3 Å². The first-order valence-electron chi connectivity index (χ1n) is 8.41. The summed E-state index contributed by atoms with van der Waals surface area (Å²) >= 11 is 0. The summed E-state index contributed by atoms with van der Waals surface area (Å²) in [5.41, 5.74) is 1.25. The summed E-state index contributed by atoms with van der Waals surface area (Å²) in [6, 6.07) is 20.8. The van der Waals surface area contributed by atoms with Gasteiger partial charge < -0.3 is 9.73 Å². The monoisotopic (exact) mass is 363 g/mol. The van der Waals surface area contributed by atoms with E-state index in [-0.39, 0.29) is 5.56 Å². The maximum atomic E-state index is 14.0. The SMILES string of the molecule is O=C(NC(c1ccccc1)c1cc2ccccc2o1)c1ccc(F)cc1F. The molecule has 134 valence electrons. The van der Waals surface area contributed by atoms with Gasteiger partial charge in [0.05, 0.1) is 5.56 Å². The lowest BCUT2D eigenvalue weighted by atomic mass is 10.0. The number of fused-ring (bicyclic) bond motifs is 1. The highest BCUT2D eigenvalue weighted by atomic mass is 19.1. The van der Waals surface area contributed by atoms with Gasteiger partial charge in [-0.05, 0) is 29.8 Å². The summed E-state index contributed by atoms with van der Waals surface area (Å²) in [7, 11) is 0. The summed E-state index contributed by atoms with van der Waals surface area (Å²) in [5, 5.41) is 3.69. The number of furan rings is 1. The van der Waals surface area contributed by atoms with Crippen molar-refractivity contribution in [2.24, 2.45) is 0 Å². The third-order valence-corrected chi connectivity index (χ3v) is 4.31. The molecule has 0 bridgehead atoms. The van der Waals surface area contributed by atoms with E-state index < -0.39 is 23.6 Å². The van der Waals surface area contributed by atoms with Crippen molar-refractivity contribution in [2.45, 2.75) is 6.04 Å². The number of amides is 1. The summed E-state index contributed by atoms with van der Waals surface area (Å²) in [6.45, 7) is 0. The lowest BCUT2D eigenvalue weighted by Crippen LogP contribution is -2.29. The molecule has 3 nitrogen and oxygen atoms in total. The zero-order chi connectivity index (χ0) is 18.8. The smallest absolute Gasteiger partial charge is 0.255 e. The number of hydrogen-bond donors (Lipinski definition) is 1. The minimum Gasteiger partial charge on any atom is -0.459 e. The van der Waals surface area contributed by atoms with Crippen LogP contribution in [0.25, 0.3) is 11.0 Å². The summed E-state index contributed by atoms with van der Waals surface area (Å²) < 4.78 is 33.0. The van der Waals surface area contributed by atoms with Gasteiger partial charge in [0, 0.05) is 11.5 Å². The molecule has 0 aliphatic carbocycles. The third kappa shape index (κ3) is 3.44. The number of para-hydroxylation sites is 1. The van der Waals surface area contributed by atoms with Crippen LogP contribution in [0.4, 0.5) is 8.78 Å². The molecule has 1 amide bonds. The van der Waals surface area contributed by atoms with Crippen molar-refractivity contribution < 1.29 is 18.0 Å². The zero-order valence-corrected chi connectivity index (χ0v) is 14.2. The minimum absolute atomic E-state index is 0.228. The highest BCUT2D eigenvalue weighted by Gasteiger charge is 2.23. The Kier molecular flexibility index (Phi) is 4.42. The van der Waals surface area contributed by atoms with Gasteiger partial charge in [-0.2, -0.15) is 0 Å². The maximum absolute atomic E-state index is 14.0. The van der Waals surface area contributed by atoms with Crippen LogP contribution in [0, 0.1) is 11.6 Å². The van der Waals surface area contributed by atoms with E-state index in [4.69, 9.17) is 4.42 Å². The van der Waals surface area contributed by atoms with E-state index in [2.05, 4.69) is 5.32 Å². The zero-order valence-electron chi connectivity index (χ0n) is 14.2. The Balaban J connectivity index is 1.73. The van der Waals surface area contributed by atoms with Gasteiger partial charge in [0.1, 0.15) is 29.0 Å². The van der Waals surface area contributed by atoms with Crippen LogP contribution >= 0.6 is 0 Å². The van der Waals surface area contributed by atoms with Crippen LogP contribution < -0.4 is 5.32 Å². The summed E-state index contributed by atoms with van der Waals surface area (Å²) in [5.74, 6) is -1.77. The van der Waals surface area contributed by atoms with Crippen LogP contribution in [0.5, 0.6) is 0 Å². The standard InChI is InChI=1S/C22H15F2NO2/c23-16-10-11-17(18(24)13-16)22(26)25-21(14-6-2-1-3-7-14)20-12-15-8-4-5-9-19(15)27-20/h1-13,21H,(H,25,26). The van der Waals surface area contributed by atoms with E-state index in [0.717, 1.165) is 23.1 Å². The lowest BCUT2D eigenvalue weighted by Gasteiger charge is -2.17. The number of carbonyl (C=O) groups excluding carboxylic acids is 1. The lowest BCUT2D eigenvalue weighted by molar-refractivity contribution is 0.0935. The Morgan fingerprint density at radius 3 is 2.37 bits per heavy atom. The molecule has 0 fully saturated rings. The Labute approximate surface area is 154 Å². The molecular formula is C22H15F2NO2. The average Bonchev–Trinajstić information content (AvgIpc) is 3.10. The van der Waals surface area contributed by atoms with Gasteiger partial charge >= 0.3 is 0 Å². The molecule has 5 heteroatoms. The van der Waals surface area contributed by atoms with Crippen LogP contribution in [0.1, 0.15) is 27.7 Å². The van der Waals surface area contributed by atoms with E-state index in [9.17, 15) is 13.6 Å². The van der Waals surface area contributed by atoms with Crippen LogP contribution in [0.2, 0.25) is 0 Å². The Bertz CT molecular complexity index is 1070. The van der Waals surface area contributed by atoms with Crippen LogP contribution in [-0.2, 0) is 0 Å². The second-order valence-electron chi connectivity index (χ2n) is 6.13. The van der Waals surface area contributed by atoms with Crippen molar-refractivity contribution in [2.75, 3.05) is 0 Å². The minimum atomic E-state index is -0.913. The molecule has 4 rings (SSSR count). The fraction of sp³-hybridized carbons (Fsp3) is 0.0455. The van der Waals surface area contributed by atoms with Gasteiger partial charge in [0.25, 0.3) is 5.91 Å². The quantitative estimate of drug-likeness (QED) is 0.539. The van der Waals surface area contributed by atoms with Gasteiger partial charge in [-0.25, -0.2) is 8.78 Å². The van der Waals surface area contributed by atoms with Crippen molar-refractivity contribution in [3.05, 3.63) is 107 Å². The first kappa shape index (κ1) is 17.0. The van der Waals surface area contributed by atoms with Crippen LogP contribution in [-0.4, -0.2) is 5.91 Å². The predicted octanol–water partition coefficient (Wildman–Crippen LogP) is 5.23. The van der Waals surface area contributed by atoms with Gasteiger partial charge in [-0.1, -0.05) is 48.5 Å². The van der Waals surface area contributed by atoms with Crippen molar-refractivity contribution in [3.63, 3.8) is 0 Å². The number of hydrogen-bond acceptors (Lipinski definition) is 2.